The van der Waals surface area contributed by atoms with E-state index in [-0.39, 0.29) is 51.6 Å². The van der Waals surface area contributed by atoms with E-state index in [1.54, 1.807) is 23.1 Å². The van der Waals surface area contributed by atoms with Gasteiger partial charge in [0.2, 0.25) is 17.6 Å². The summed E-state index contributed by atoms with van der Waals surface area (Å²) in [5.74, 6) is -3.30. The quantitative estimate of drug-likeness (QED) is 0.217. The maximum Gasteiger partial charge on any atom is 0.315 e. The second kappa shape index (κ2) is 14.2. The number of amides is 5. The molecule has 12 nitrogen and oxygen atoms in total. The van der Waals surface area contributed by atoms with Crippen molar-refractivity contribution in [1.82, 2.24) is 20.9 Å². The predicted molar refractivity (Wildman–Crippen MR) is 179 cm³/mol. The number of nitrogens with one attached hydrogen (secondary N) is 3. The van der Waals surface area contributed by atoms with E-state index in [0.717, 1.165) is 44.9 Å². The van der Waals surface area contributed by atoms with Crippen molar-refractivity contribution in [3.63, 3.8) is 0 Å². The Bertz CT molecular complexity index is 1500. The number of urea groups is 1. The van der Waals surface area contributed by atoms with Crippen LogP contribution in [-0.2, 0) is 29.0 Å². The molecule has 1 aliphatic heterocycles. The minimum absolute atomic E-state index is 0.0697. The monoisotopic (exact) mass is 685 g/mol. The number of carbonyl (C=O) groups is 5. The van der Waals surface area contributed by atoms with Crippen molar-refractivity contribution in [3.8, 4) is 0 Å². The van der Waals surface area contributed by atoms with Gasteiger partial charge in [-0.15, -0.1) is 0 Å². The Hall–Kier alpha value is -3.48. The summed E-state index contributed by atoms with van der Waals surface area (Å²) >= 11 is 0. The lowest BCUT2D eigenvalue weighted by Gasteiger charge is -2.37. The fourth-order valence-corrected chi connectivity index (χ4v) is 9.61. The van der Waals surface area contributed by atoms with Gasteiger partial charge in [0, 0.05) is 12.6 Å². The van der Waals surface area contributed by atoms with E-state index in [9.17, 15) is 32.4 Å². The number of piperidine rings is 1. The van der Waals surface area contributed by atoms with Crippen LogP contribution < -0.4 is 21.7 Å². The van der Waals surface area contributed by atoms with E-state index < -0.39 is 57.6 Å². The molecule has 1 saturated heterocycles. The number of ketones is 1. The summed E-state index contributed by atoms with van der Waals surface area (Å²) in [6.45, 7) is 8.11. The lowest BCUT2D eigenvalue weighted by molar-refractivity contribution is -0.144. The molecule has 0 aromatic heterocycles. The zero-order valence-corrected chi connectivity index (χ0v) is 29.3. The zero-order chi connectivity index (χ0) is 35.0. The van der Waals surface area contributed by atoms with Crippen LogP contribution in [0.2, 0.25) is 0 Å². The predicted octanol–water partition coefficient (Wildman–Crippen LogP) is 2.56. The van der Waals surface area contributed by atoms with E-state index in [1.165, 1.54) is 12.1 Å². The Morgan fingerprint density at radius 2 is 1.58 bits per heavy atom. The Morgan fingerprint density at radius 3 is 2.17 bits per heavy atom. The van der Waals surface area contributed by atoms with Crippen LogP contribution in [0.3, 0.4) is 0 Å². The molecule has 264 valence electrons. The Kier molecular flexibility index (Phi) is 10.6. The SMILES string of the molecule is CC(C)[C@@H](CS(=O)(=O)c1ccccc1)NC(=O)N[C@H](C(=O)N1C[C@H]2C([C@H]1C(=O)NC(CC1CC1)C(=O)C(N)=O)C2(C)C)C1CCCCC1. The standard InChI is InChI=1S/C35H51N5O7S/c1-20(2)26(19-48(46,47)23-13-9-6-10-14-23)38-34(45)39-28(22-11-7-5-8-12-22)33(44)40-18-24-27(35(24,3)4)29(40)32(43)37-25(17-21-15-16-21)30(41)31(36)42/h6,9-10,13-14,20-22,24-29H,5,7-8,11-12,15-19H2,1-4H3,(H2,36,42)(H,37,43)(H2,38,39,45)/t24-,25?,26+,27?,28-,29-/m0/s1. The third kappa shape index (κ3) is 7.87. The Balaban J connectivity index is 1.34. The second-order valence-electron chi connectivity index (χ2n) is 15.3. The van der Waals surface area contributed by atoms with Crippen LogP contribution >= 0.6 is 0 Å². The van der Waals surface area contributed by atoms with Crippen molar-refractivity contribution in [2.45, 2.75) is 108 Å². The molecule has 3 aliphatic carbocycles. The van der Waals surface area contributed by atoms with Crippen molar-refractivity contribution < 1.29 is 32.4 Å². The first-order valence-electron chi connectivity index (χ1n) is 17.4. The molecular weight excluding hydrogens is 634 g/mol. The molecule has 1 aromatic carbocycles. The molecule has 5 N–H and O–H groups in total. The molecule has 48 heavy (non-hydrogen) atoms. The second-order valence-corrected chi connectivity index (χ2v) is 17.3. The van der Waals surface area contributed by atoms with Crippen LogP contribution in [0.25, 0.3) is 0 Å². The van der Waals surface area contributed by atoms with E-state index in [1.807, 2.05) is 13.8 Å². The first-order chi connectivity index (χ1) is 22.6. The molecule has 13 heteroatoms. The van der Waals surface area contributed by atoms with E-state index in [4.69, 9.17) is 5.73 Å². The number of carbonyl (C=O) groups excluding carboxylic acids is 5. The summed E-state index contributed by atoms with van der Waals surface area (Å²) in [7, 11) is -3.70. The van der Waals surface area contributed by atoms with Gasteiger partial charge in [-0.2, -0.15) is 0 Å². The van der Waals surface area contributed by atoms with Crippen molar-refractivity contribution in [1.29, 1.82) is 0 Å². The van der Waals surface area contributed by atoms with Crippen molar-refractivity contribution in [3.05, 3.63) is 30.3 Å². The Labute approximate surface area is 283 Å². The fourth-order valence-electron chi connectivity index (χ4n) is 7.90. The molecule has 4 aliphatic rings. The fraction of sp³-hybridized carbons (Fsp3) is 0.686. The number of rotatable bonds is 14. The van der Waals surface area contributed by atoms with Gasteiger partial charge in [-0.05, 0) is 66.4 Å². The zero-order valence-electron chi connectivity index (χ0n) is 28.4. The highest BCUT2D eigenvalue weighted by atomic mass is 32.2. The molecule has 3 saturated carbocycles. The van der Waals surface area contributed by atoms with Crippen LogP contribution in [0, 0.1) is 35.0 Å². The number of benzene rings is 1. The van der Waals surface area contributed by atoms with Gasteiger partial charge in [0.1, 0.15) is 12.1 Å². The van der Waals surface area contributed by atoms with Gasteiger partial charge >= 0.3 is 6.03 Å². The summed E-state index contributed by atoms with van der Waals surface area (Å²) in [6.07, 6.45) is 6.45. The maximum atomic E-state index is 14.5. The third-order valence-electron chi connectivity index (χ3n) is 11.2. The molecule has 4 fully saturated rings. The molecule has 6 atom stereocenters. The number of nitrogens with two attached hydrogens (primary N) is 1. The van der Waals surface area contributed by atoms with Gasteiger partial charge in [0.15, 0.2) is 9.84 Å². The topological polar surface area (TPSA) is 185 Å². The van der Waals surface area contributed by atoms with Crippen LogP contribution in [0.5, 0.6) is 0 Å². The van der Waals surface area contributed by atoms with Gasteiger partial charge in [0.25, 0.3) is 5.91 Å². The number of fused-ring (bicyclic) bond motifs is 1. The summed E-state index contributed by atoms with van der Waals surface area (Å²) in [6, 6.07) is 3.90. The summed E-state index contributed by atoms with van der Waals surface area (Å²) in [5, 5.41) is 8.53. The van der Waals surface area contributed by atoms with Crippen LogP contribution in [0.15, 0.2) is 35.2 Å². The van der Waals surface area contributed by atoms with Gasteiger partial charge in [-0.3, -0.25) is 19.2 Å². The molecule has 1 aromatic rings. The minimum Gasteiger partial charge on any atom is -0.363 e. The molecule has 5 amide bonds. The molecule has 2 unspecified atom stereocenters. The normalized spacial score (nSPS) is 25.4. The number of sulfone groups is 1. The molecule has 0 spiro atoms. The van der Waals surface area contributed by atoms with Gasteiger partial charge in [-0.25, -0.2) is 13.2 Å². The average Bonchev–Trinajstić information content (AvgIpc) is 3.90. The van der Waals surface area contributed by atoms with Crippen LogP contribution in [0.1, 0.15) is 79.1 Å². The highest BCUT2D eigenvalue weighted by Gasteiger charge is 2.69. The lowest BCUT2D eigenvalue weighted by Crippen LogP contribution is -2.61. The minimum atomic E-state index is -3.70. The van der Waals surface area contributed by atoms with Gasteiger partial charge < -0.3 is 26.6 Å². The maximum absolute atomic E-state index is 14.5. The summed E-state index contributed by atoms with van der Waals surface area (Å²) in [5.41, 5.74) is 5.12. The summed E-state index contributed by atoms with van der Waals surface area (Å²) in [4.78, 5) is 68.2. The first kappa shape index (κ1) is 35.8. The van der Waals surface area contributed by atoms with E-state index in [0.29, 0.717) is 13.0 Å². The number of Topliss-reactive ketones (excluding diaryl/α,β-unsaturated/α-hetero) is 1. The number of likely N-dealkylation sites (tertiary alicyclic amines) is 1. The molecule has 0 bridgehead atoms. The lowest BCUT2D eigenvalue weighted by atomic mass is 9.83. The molecule has 5 rings (SSSR count). The van der Waals surface area contributed by atoms with Crippen molar-refractivity contribution in [2.24, 2.45) is 40.7 Å². The molecular formula is C35H51N5O7S. The molecule has 0 radical (unpaired) electrons. The van der Waals surface area contributed by atoms with E-state index >= 15 is 0 Å². The summed E-state index contributed by atoms with van der Waals surface area (Å²) < 4.78 is 26.3. The number of hydrogen-bond acceptors (Lipinski definition) is 7. The van der Waals surface area contributed by atoms with Crippen molar-refractivity contribution in [2.75, 3.05) is 12.3 Å². The Morgan fingerprint density at radius 1 is 0.938 bits per heavy atom. The first-order valence-corrected chi connectivity index (χ1v) is 19.1. The number of hydrogen-bond donors (Lipinski definition) is 4. The molecule has 1 heterocycles. The van der Waals surface area contributed by atoms with Crippen molar-refractivity contribution >= 4 is 39.4 Å². The van der Waals surface area contributed by atoms with Crippen LogP contribution in [0.4, 0.5) is 4.79 Å². The average molecular weight is 686 g/mol. The van der Waals surface area contributed by atoms with Gasteiger partial charge in [0.05, 0.1) is 16.7 Å². The smallest absolute Gasteiger partial charge is 0.315 e. The largest absolute Gasteiger partial charge is 0.363 e. The third-order valence-corrected chi connectivity index (χ3v) is 13.0. The number of primary amides is 1. The number of nitrogens with zero attached hydrogens (tertiary/aromatic N) is 1. The van der Waals surface area contributed by atoms with Gasteiger partial charge in [-0.1, -0.05) is 78.0 Å². The van der Waals surface area contributed by atoms with E-state index in [2.05, 4.69) is 29.8 Å². The highest BCUT2D eigenvalue weighted by Crippen LogP contribution is 2.65. The van der Waals surface area contributed by atoms with Crippen LogP contribution in [-0.4, -0.2) is 79.3 Å². The highest BCUT2D eigenvalue weighted by molar-refractivity contribution is 7.91.